The number of hydrogen-bond acceptors (Lipinski definition) is 5. The van der Waals surface area contributed by atoms with E-state index in [0.717, 1.165) is 0 Å². The average Bonchev–Trinajstić information content (AvgIpc) is 2.88. The van der Waals surface area contributed by atoms with Crippen molar-refractivity contribution in [1.29, 1.82) is 0 Å². The summed E-state index contributed by atoms with van der Waals surface area (Å²) in [5.74, 6) is 1.75. The molecule has 1 atom stereocenters. The zero-order valence-corrected chi connectivity index (χ0v) is 15.2. The van der Waals surface area contributed by atoms with Gasteiger partial charge in [-0.3, -0.25) is 4.90 Å². The molecular weight excluding hydrogens is 369 g/mol. The zero-order valence-electron chi connectivity index (χ0n) is 14.4. The van der Waals surface area contributed by atoms with Crippen LogP contribution in [-0.4, -0.2) is 45.1 Å². The lowest BCUT2D eigenvalue weighted by atomic mass is 10.2. The van der Waals surface area contributed by atoms with Crippen molar-refractivity contribution in [3.63, 3.8) is 0 Å². The van der Waals surface area contributed by atoms with Crippen molar-refractivity contribution >= 4 is 12.2 Å². The number of fused-ring (bicyclic) bond motifs is 1. The van der Waals surface area contributed by atoms with Crippen LogP contribution < -0.4 is 9.47 Å². The van der Waals surface area contributed by atoms with Crippen molar-refractivity contribution in [3.05, 3.63) is 34.9 Å². The summed E-state index contributed by atoms with van der Waals surface area (Å²) in [7, 11) is 1.71. The summed E-state index contributed by atoms with van der Waals surface area (Å²) in [6.45, 7) is 1.06. The molecule has 142 valence electrons. The van der Waals surface area contributed by atoms with Gasteiger partial charge in [0.2, 0.25) is 0 Å². The number of ether oxygens (including phenoxy) is 2. The summed E-state index contributed by atoms with van der Waals surface area (Å²) in [4.78, 5) is 1.22. The molecule has 0 saturated carbocycles. The van der Waals surface area contributed by atoms with E-state index in [-0.39, 0.29) is 19.8 Å². The zero-order chi connectivity index (χ0) is 18.9. The molecule has 2 heterocycles. The Kier molecular flexibility index (Phi) is 5.24. The van der Waals surface area contributed by atoms with Crippen LogP contribution in [0.25, 0.3) is 0 Å². The topological polar surface area (TPSA) is 44.5 Å². The van der Waals surface area contributed by atoms with Crippen LogP contribution in [-0.2, 0) is 13.7 Å². The summed E-state index contributed by atoms with van der Waals surface area (Å²) in [6.07, 6.45) is -4.77. The Balaban J connectivity index is 1.81. The molecule has 0 amide bonds. The Morgan fingerprint density at radius 3 is 2.65 bits per heavy atom. The van der Waals surface area contributed by atoms with E-state index in [1.54, 1.807) is 30.7 Å². The van der Waals surface area contributed by atoms with Crippen LogP contribution in [0, 0.1) is 4.77 Å². The molecule has 26 heavy (non-hydrogen) atoms. The van der Waals surface area contributed by atoms with E-state index in [2.05, 4.69) is 5.10 Å². The molecule has 0 fully saturated rings. The maximum atomic E-state index is 12.7. The molecule has 6 nitrogen and oxygen atoms in total. The summed E-state index contributed by atoms with van der Waals surface area (Å²) >= 11 is 5.33. The fourth-order valence-corrected chi connectivity index (χ4v) is 2.92. The lowest BCUT2D eigenvalue weighted by Crippen LogP contribution is -2.36. The third-order valence-corrected chi connectivity index (χ3v) is 4.54. The molecule has 2 aromatic rings. The molecule has 1 aliphatic rings. The van der Waals surface area contributed by atoms with Gasteiger partial charge in [0.05, 0.1) is 13.2 Å². The van der Waals surface area contributed by atoms with Crippen LogP contribution in [0.1, 0.15) is 18.9 Å². The summed E-state index contributed by atoms with van der Waals surface area (Å²) in [6, 6.07) is 7.27. The van der Waals surface area contributed by atoms with E-state index in [1.165, 1.54) is 9.58 Å². The first-order chi connectivity index (χ1) is 12.3. The van der Waals surface area contributed by atoms with Crippen LogP contribution in [0.5, 0.6) is 11.5 Å². The van der Waals surface area contributed by atoms with Gasteiger partial charge in [0.1, 0.15) is 6.61 Å². The van der Waals surface area contributed by atoms with Crippen molar-refractivity contribution in [2.45, 2.75) is 25.9 Å². The van der Waals surface area contributed by atoms with Crippen molar-refractivity contribution in [3.8, 4) is 11.5 Å². The normalized spacial score (nSPS) is 16.9. The fraction of sp³-hybridized carbons (Fsp3) is 0.500. The first-order valence-corrected chi connectivity index (χ1v) is 8.50. The lowest BCUT2D eigenvalue weighted by molar-refractivity contribution is -0.149. The van der Waals surface area contributed by atoms with Gasteiger partial charge in [0.25, 0.3) is 0 Å². The summed E-state index contributed by atoms with van der Waals surface area (Å²) in [5, 5.41) is 4.39. The van der Waals surface area contributed by atoms with Crippen LogP contribution in [0.3, 0.4) is 0 Å². The number of hydrogen-bond donors (Lipinski definition) is 0. The highest BCUT2D eigenvalue weighted by Crippen LogP contribution is 2.35. The van der Waals surface area contributed by atoms with Crippen LogP contribution in [0.15, 0.2) is 24.3 Å². The van der Waals surface area contributed by atoms with E-state index in [9.17, 15) is 13.2 Å². The molecule has 10 heteroatoms. The van der Waals surface area contributed by atoms with Gasteiger partial charge >= 0.3 is 6.18 Å². The molecule has 0 bridgehead atoms. The van der Waals surface area contributed by atoms with E-state index in [0.29, 0.717) is 22.1 Å². The second kappa shape index (κ2) is 7.28. The highest BCUT2D eigenvalue weighted by molar-refractivity contribution is 7.71. The predicted octanol–water partition coefficient (Wildman–Crippen LogP) is 3.31. The molecule has 0 saturated heterocycles. The third kappa shape index (κ3) is 4.01. The molecule has 1 aromatic heterocycles. The van der Waals surface area contributed by atoms with Crippen LogP contribution >= 0.6 is 12.2 Å². The number of rotatable bonds is 5. The molecule has 0 aliphatic carbocycles. The minimum Gasteiger partial charge on any atom is -0.485 e. The molecule has 1 unspecified atom stereocenters. The van der Waals surface area contributed by atoms with Gasteiger partial charge in [-0.2, -0.15) is 18.3 Å². The molecule has 1 aliphatic heterocycles. The minimum atomic E-state index is -4.28. The third-order valence-electron chi connectivity index (χ3n) is 4.06. The summed E-state index contributed by atoms with van der Waals surface area (Å²) in [5.41, 5.74) is 0. The molecule has 1 aromatic carbocycles. The van der Waals surface area contributed by atoms with Crippen molar-refractivity contribution in [1.82, 2.24) is 19.2 Å². The van der Waals surface area contributed by atoms with Gasteiger partial charge in [-0.05, 0) is 30.9 Å². The van der Waals surface area contributed by atoms with E-state index in [1.807, 2.05) is 12.1 Å². The van der Waals surface area contributed by atoms with Gasteiger partial charge in [-0.15, -0.1) is 0 Å². The van der Waals surface area contributed by atoms with E-state index >= 15 is 0 Å². The molecular formula is C16H19F3N4O2S. The maximum Gasteiger partial charge on any atom is 0.401 e. The Morgan fingerprint density at radius 2 is 2.00 bits per heavy atom. The SMILES string of the molecule is CCN(Cn1nc(C2COc3ccccc3O2)n(C)c1=S)CC(F)(F)F. The first-order valence-electron chi connectivity index (χ1n) is 8.10. The van der Waals surface area contributed by atoms with Crippen LogP contribution in [0.4, 0.5) is 13.2 Å². The number of aromatic nitrogens is 3. The monoisotopic (exact) mass is 388 g/mol. The van der Waals surface area contributed by atoms with E-state index in [4.69, 9.17) is 21.7 Å². The van der Waals surface area contributed by atoms with Gasteiger partial charge < -0.3 is 14.0 Å². The number of para-hydroxylation sites is 2. The van der Waals surface area contributed by atoms with E-state index < -0.39 is 18.8 Å². The molecule has 0 radical (unpaired) electrons. The number of halogens is 3. The van der Waals surface area contributed by atoms with Gasteiger partial charge in [-0.1, -0.05) is 19.1 Å². The minimum absolute atomic E-state index is 0.0488. The average molecular weight is 388 g/mol. The van der Waals surface area contributed by atoms with Crippen molar-refractivity contribution in [2.24, 2.45) is 7.05 Å². The van der Waals surface area contributed by atoms with Gasteiger partial charge in [0, 0.05) is 7.05 Å². The molecule has 3 rings (SSSR count). The second-order valence-corrected chi connectivity index (χ2v) is 6.33. The Labute approximate surface area is 153 Å². The highest BCUT2D eigenvalue weighted by atomic mass is 32.1. The van der Waals surface area contributed by atoms with Gasteiger partial charge in [0.15, 0.2) is 28.2 Å². The number of benzene rings is 1. The van der Waals surface area contributed by atoms with Crippen molar-refractivity contribution in [2.75, 3.05) is 19.7 Å². The maximum absolute atomic E-state index is 12.7. The predicted molar refractivity (Wildman–Crippen MR) is 90.6 cm³/mol. The Bertz CT molecular complexity index is 834. The molecule has 0 N–H and O–H groups in total. The quantitative estimate of drug-likeness (QED) is 0.736. The molecule has 0 spiro atoms. The van der Waals surface area contributed by atoms with Crippen molar-refractivity contribution < 1.29 is 22.6 Å². The number of nitrogens with zero attached hydrogens (tertiary/aromatic N) is 4. The Hall–Kier alpha value is -2.07. The first kappa shape index (κ1) is 18.7. The smallest absolute Gasteiger partial charge is 0.401 e. The summed E-state index contributed by atoms with van der Waals surface area (Å²) < 4.78 is 53.0. The highest BCUT2D eigenvalue weighted by Gasteiger charge is 2.31. The largest absolute Gasteiger partial charge is 0.485 e. The standard InChI is InChI=1S/C16H19F3N4O2S/c1-3-22(9-16(17,18)19)10-23-15(26)21(2)14(20-23)13-8-24-11-6-4-5-7-12(11)25-13/h4-7,13H,3,8-10H2,1-2H3. The lowest BCUT2D eigenvalue weighted by Gasteiger charge is -2.25. The Morgan fingerprint density at radius 1 is 1.31 bits per heavy atom. The van der Waals surface area contributed by atoms with Gasteiger partial charge in [-0.25, -0.2) is 4.68 Å². The van der Waals surface area contributed by atoms with Crippen LogP contribution in [0.2, 0.25) is 0 Å². The second-order valence-electron chi connectivity index (χ2n) is 5.97. The fourth-order valence-electron chi connectivity index (χ4n) is 2.73. The number of alkyl halides is 3.